The van der Waals surface area contributed by atoms with E-state index in [1.165, 1.54) is 14.7 Å². The SMILES string of the molecule is C=C/C=C\C(=C/C=C)NC(=O)N[B]OC. The summed E-state index contributed by atoms with van der Waals surface area (Å²) in [4.78, 5) is 11.2. The van der Waals surface area contributed by atoms with Crippen molar-refractivity contribution in [2.45, 2.75) is 0 Å². The Morgan fingerprint density at radius 3 is 2.67 bits per heavy atom. The normalized spacial score (nSPS) is 10.9. The molecular weight excluding hydrogens is 191 g/mol. The van der Waals surface area contributed by atoms with Gasteiger partial charge in [0, 0.05) is 12.8 Å². The molecule has 2 N–H and O–H groups in total. The second-order valence-electron chi connectivity index (χ2n) is 2.40. The maximum atomic E-state index is 11.2. The number of nitrogens with one attached hydrogen (secondary N) is 2. The first-order chi connectivity index (χ1) is 7.24. The van der Waals surface area contributed by atoms with E-state index in [2.05, 4.69) is 28.4 Å². The Kier molecular flexibility index (Phi) is 7.81. The van der Waals surface area contributed by atoms with Crippen LogP contribution in [0.2, 0.25) is 0 Å². The second-order valence-corrected chi connectivity index (χ2v) is 2.40. The Labute approximate surface area is 90.7 Å². The summed E-state index contributed by atoms with van der Waals surface area (Å²) in [5, 5.41) is 4.95. The van der Waals surface area contributed by atoms with Gasteiger partial charge in [0.25, 0.3) is 0 Å². The molecule has 0 aromatic rings. The molecule has 4 nitrogen and oxygen atoms in total. The van der Waals surface area contributed by atoms with Crippen molar-refractivity contribution in [1.29, 1.82) is 0 Å². The molecule has 0 rings (SSSR count). The molecule has 0 bridgehead atoms. The average Bonchev–Trinajstić information content (AvgIpc) is 2.23. The summed E-state index contributed by atoms with van der Waals surface area (Å²) in [6.07, 6.45) is 8.24. The molecule has 0 spiro atoms. The minimum absolute atomic E-state index is 0.390. The van der Waals surface area contributed by atoms with Crippen molar-refractivity contribution in [3.8, 4) is 0 Å². The van der Waals surface area contributed by atoms with E-state index in [1.54, 1.807) is 30.4 Å². The van der Waals surface area contributed by atoms with Gasteiger partial charge in [-0.25, -0.2) is 4.79 Å². The minimum Gasteiger partial charge on any atom is -0.422 e. The Morgan fingerprint density at radius 1 is 1.40 bits per heavy atom. The van der Waals surface area contributed by atoms with E-state index in [-0.39, 0.29) is 0 Å². The zero-order valence-electron chi connectivity index (χ0n) is 8.69. The maximum absolute atomic E-state index is 11.2. The highest BCUT2D eigenvalue weighted by Gasteiger charge is 2.00. The van der Waals surface area contributed by atoms with Gasteiger partial charge in [0.1, 0.15) is 0 Å². The van der Waals surface area contributed by atoms with Gasteiger partial charge in [-0.1, -0.05) is 31.4 Å². The lowest BCUT2D eigenvalue weighted by Gasteiger charge is -2.05. The first-order valence-corrected chi connectivity index (χ1v) is 4.28. The molecule has 0 heterocycles. The monoisotopic (exact) mass is 205 g/mol. The van der Waals surface area contributed by atoms with E-state index in [4.69, 9.17) is 0 Å². The number of carbonyl (C=O) groups excluding carboxylic acids is 1. The van der Waals surface area contributed by atoms with E-state index in [0.29, 0.717) is 5.70 Å². The lowest BCUT2D eigenvalue weighted by molar-refractivity contribution is 0.247. The number of hydrogen-bond acceptors (Lipinski definition) is 2. The van der Waals surface area contributed by atoms with Crippen molar-refractivity contribution in [1.82, 2.24) is 10.5 Å². The number of rotatable bonds is 6. The summed E-state index contributed by atoms with van der Waals surface area (Å²) in [5.41, 5.74) is 0.604. The lowest BCUT2D eigenvalue weighted by Crippen LogP contribution is -2.37. The quantitative estimate of drug-likeness (QED) is 0.506. The van der Waals surface area contributed by atoms with Crippen molar-refractivity contribution in [2.75, 3.05) is 7.11 Å². The van der Waals surface area contributed by atoms with Crippen molar-refractivity contribution in [2.24, 2.45) is 0 Å². The van der Waals surface area contributed by atoms with Crippen LogP contribution >= 0.6 is 0 Å². The van der Waals surface area contributed by atoms with E-state index in [9.17, 15) is 4.79 Å². The van der Waals surface area contributed by atoms with Crippen LogP contribution in [0.5, 0.6) is 0 Å². The number of urea groups is 1. The van der Waals surface area contributed by atoms with Gasteiger partial charge in [0.05, 0.1) is 0 Å². The summed E-state index contributed by atoms with van der Waals surface area (Å²) >= 11 is 0. The standard InChI is InChI=1S/C10H14BN2O2/c1-4-6-8-9(7-5-2)12-10(14)13-11-15-3/h4-8H,1-2H2,3H3,(H2,12,13,14)/b8-6-,9-7+. The molecule has 2 amide bonds. The van der Waals surface area contributed by atoms with Gasteiger partial charge in [-0.2, -0.15) is 0 Å². The molecule has 0 atom stereocenters. The fourth-order valence-electron chi connectivity index (χ4n) is 0.717. The van der Waals surface area contributed by atoms with Gasteiger partial charge >= 0.3 is 13.6 Å². The van der Waals surface area contributed by atoms with Crippen LogP contribution in [-0.4, -0.2) is 20.8 Å². The summed E-state index contributed by atoms with van der Waals surface area (Å²) in [5.74, 6) is 0. The maximum Gasteiger partial charge on any atom is 0.439 e. The zero-order chi connectivity index (χ0) is 11.5. The first kappa shape index (κ1) is 13.3. The minimum atomic E-state index is -0.390. The van der Waals surface area contributed by atoms with Crippen LogP contribution in [0.25, 0.3) is 0 Å². The Hall–Kier alpha value is -1.75. The number of hydrogen-bond donors (Lipinski definition) is 2. The molecular formula is C10H14BN2O2. The third kappa shape index (κ3) is 7.34. The van der Waals surface area contributed by atoms with Crippen molar-refractivity contribution < 1.29 is 9.45 Å². The van der Waals surface area contributed by atoms with Crippen LogP contribution in [0.4, 0.5) is 4.79 Å². The van der Waals surface area contributed by atoms with Gasteiger partial charge < -0.3 is 15.2 Å². The fourth-order valence-corrected chi connectivity index (χ4v) is 0.717. The zero-order valence-corrected chi connectivity index (χ0v) is 8.69. The second kappa shape index (κ2) is 8.84. The predicted octanol–water partition coefficient (Wildman–Crippen LogP) is 1.28. The molecule has 0 saturated heterocycles. The fraction of sp³-hybridized carbons (Fsp3) is 0.100. The van der Waals surface area contributed by atoms with Gasteiger partial charge in [0.15, 0.2) is 0 Å². The van der Waals surface area contributed by atoms with Crippen LogP contribution in [0, 0.1) is 0 Å². The summed E-state index contributed by atoms with van der Waals surface area (Å²) in [6, 6.07) is -0.390. The summed E-state index contributed by atoms with van der Waals surface area (Å²) in [6.45, 7) is 7.06. The molecule has 0 saturated carbocycles. The largest absolute Gasteiger partial charge is 0.439 e. The molecule has 0 aliphatic rings. The van der Waals surface area contributed by atoms with Crippen LogP contribution < -0.4 is 10.5 Å². The van der Waals surface area contributed by atoms with Gasteiger partial charge in [0.2, 0.25) is 0 Å². The van der Waals surface area contributed by atoms with Gasteiger partial charge in [-0.05, 0) is 12.2 Å². The molecule has 0 fully saturated rings. The molecule has 15 heavy (non-hydrogen) atoms. The van der Waals surface area contributed by atoms with E-state index in [1.807, 2.05) is 0 Å². The molecule has 79 valence electrons. The Morgan fingerprint density at radius 2 is 2.13 bits per heavy atom. The van der Waals surface area contributed by atoms with Crippen LogP contribution in [0.1, 0.15) is 0 Å². The highest BCUT2D eigenvalue weighted by Crippen LogP contribution is 1.92. The van der Waals surface area contributed by atoms with Crippen molar-refractivity contribution >= 4 is 13.6 Å². The average molecular weight is 205 g/mol. The molecule has 0 unspecified atom stereocenters. The third-order valence-corrected chi connectivity index (χ3v) is 1.28. The topological polar surface area (TPSA) is 50.4 Å². The summed E-state index contributed by atoms with van der Waals surface area (Å²) < 4.78 is 4.56. The Bertz CT molecular complexity index is 285. The number of carbonyl (C=O) groups is 1. The number of amides is 2. The van der Waals surface area contributed by atoms with E-state index in [0.717, 1.165) is 0 Å². The number of allylic oxidation sites excluding steroid dienone is 5. The highest BCUT2D eigenvalue weighted by atomic mass is 16.4. The van der Waals surface area contributed by atoms with Crippen LogP contribution in [0.15, 0.2) is 49.2 Å². The molecule has 0 aliphatic carbocycles. The molecule has 5 heteroatoms. The molecule has 1 radical (unpaired) electrons. The third-order valence-electron chi connectivity index (χ3n) is 1.28. The highest BCUT2D eigenvalue weighted by molar-refractivity contribution is 6.29. The molecule has 0 aliphatic heterocycles. The van der Waals surface area contributed by atoms with Crippen LogP contribution in [-0.2, 0) is 4.65 Å². The van der Waals surface area contributed by atoms with E-state index < -0.39 is 6.03 Å². The summed E-state index contributed by atoms with van der Waals surface area (Å²) in [7, 11) is 2.62. The smallest absolute Gasteiger partial charge is 0.422 e. The van der Waals surface area contributed by atoms with Gasteiger partial charge in [-0.15, -0.1) is 0 Å². The molecule has 0 aromatic carbocycles. The predicted molar refractivity (Wildman–Crippen MR) is 62.0 cm³/mol. The van der Waals surface area contributed by atoms with Gasteiger partial charge in [-0.3, -0.25) is 0 Å². The van der Waals surface area contributed by atoms with E-state index >= 15 is 0 Å². The Balaban J connectivity index is 4.22. The van der Waals surface area contributed by atoms with Crippen LogP contribution in [0.3, 0.4) is 0 Å². The lowest BCUT2D eigenvalue weighted by atomic mass is 10.3. The molecule has 0 aromatic heterocycles. The van der Waals surface area contributed by atoms with Crippen molar-refractivity contribution in [3.63, 3.8) is 0 Å². The first-order valence-electron chi connectivity index (χ1n) is 4.28. The van der Waals surface area contributed by atoms with Crippen molar-refractivity contribution in [3.05, 3.63) is 49.2 Å².